The second-order valence-corrected chi connectivity index (χ2v) is 8.35. The van der Waals surface area contributed by atoms with Gasteiger partial charge in [-0.2, -0.15) is 0 Å². The van der Waals surface area contributed by atoms with Crippen LogP contribution in [-0.2, 0) is 14.6 Å². The lowest BCUT2D eigenvalue weighted by molar-refractivity contribution is -0.134. The molecule has 1 unspecified atom stereocenters. The quantitative estimate of drug-likeness (QED) is 0.767. The van der Waals surface area contributed by atoms with Crippen LogP contribution in [0.25, 0.3) is 0 Å². The first-order chi connectivity index (χ1) is 7.96. The van der Waals surface area contributed by atoms with Gasteiger partial charge >= 0.3 is 0 Å². The van der Waals surface area contributed by atoms with Crippen LogP contribution in [0.4, 0.5) is 0 Å². The fraction of sp³-hybridized carbons (Fsp3) is 0.917. The zero-order valence-electron chi connectivity index (χ0n) is 12.1. The van der Waals surface area contributed by atoms with Crippen LogP contribution in [0.15, 0.2) is 0 Å². The Balaban J connectivity index is 4.50. The van der Waals surface area contributed by atoms with Crippen LogP contribution < -0.4 is 5.73 Å². The molecule has 0 fully saturated rings. The number of hydrogen-bond donors (Lipinski definition) is 1. The van der Waals surface area contributed by atoms with Crippen LogP contribution in [0.3, 0.4) is 0 Å². The summed E-state index contributed by atoms with van der Waals surface area (Å²) < 4.78 is 22.1. The largest absolute Gasteiger partial charge is 0.344 e. The summed E-state index contributed by atoms with van der Waals surface area (Å²) in [6.45, 7) is 6.68. The van der Waals surface area contributed by atoms with Crippen LogP contribution in [0.2, 0.25) is 0 Å². The van der Waals surface area contributed by atoms with Gasteiger partial charge in [0.15, 0.2) is 0 Å². The fourth-order valence-electron chi connectivity index (χ4n) is 1.74. The third-order valence-corrected chi connectivity index (χ3v) is 3.59. The highest BCUT2D eigenvalue weighted by atomic mass is 32.2. The van der Waals surface area contributed by atoms with Crippen molar-refractivity contribution in [3.63, 3.8) is 0 Å². The lowest BCUT2D eigenvalue weighted by Crippen LogP contribution is -2.40. The number of nitrogens with zero attached hydrogens (tertiary/aromatic N) is 1. The maximum absolute atomic E-state index is 12.1. The van der Waals surface area contributed by atoms with E-state index >= 15 is 0 Å². The number of nitrogens with two attached hydrogens (primary N) is 1. The number of hydrogen-bond acceptors (Lipinski definition) is 4. The monoisotopic (exact) mass is 278 g/mol. The highest BCUT2D eigenvalue weighted by molar-refractivity contribution is 7.90. The van der Waals surface area contributed by atoms with E-state index in [2.05, 4.69) is 20.8 Å². The van der Waals surface area contributed by atoms with E-state index in [0.29, 0.717) is 13.0 Å². The summed E-state index contributed by atoms with van der Waals surface area (Å²) in [4.78, 5) is 13.6. The van der Waals surface area contributed by atoms with Crippen molar-refractivity contribution in [2.45, 2.75) is 27.2 Å². The number of amides is 1. The zero-order valence-corrected chi connectivity index (χ0v) is 12.9. The Morgan fingerprint density at radius 3 is 2.17 bits per heavy atom. The molecule has 2 N–H and O–H groups in total. The Labute approximate surface area is 111 Å². The fourth-order valence-corrected chi connectivity index (χ4v) is 2.34. The highest BCUT2D eigenvalue weighted by Gasteiger charge is 2.26. The maximum Gasteiger partial charge on any atom is 0.226 e. The van der Waals surface area contributed by atoms with Gasteiger partial charge in [-0.15, -0.1) is 0 Å². The van der Waals surface area contributed by atoms with Gasteiger partial charge in [0.05, 0.1) is 11.7 Å². The van der Waals surface area contributed by atoms with Gasteiger partial charge in [0, 0.05) is 26.4 Å². The minimum atomic E-state index is -3.05. The number of carbonyl (C=O) groups excluding carboxylic acids is 1. The SMILES string of the molecule is CN(CCS(C)(=O)=O)C(=O)C(CN)CC(C)(C)C. The van der Waals surface area contributed by atoms with Crippen molar-refractivity contribution in [2.75, 3.05) is 32.1 Å². The molecule has 1 atom stereocenters. The van der Waals surface area contributed by atoms with E-state index in [1.54, 1.807) is 7.05 Å². The van der Waals surface area contributed by atoms with Crippen molar-refractivity contribution >= 4 is 15.7 Å². The molecule has 0 rings (SSSR count). The molecule has 0 aromatic heterocycles. The summed E-state index contributed by atoms with van der Waals surface area (Å²) in [5.41, 5.74) is 5.66. The molecule has 0 heterocycles. The van der Waals surface area contributed by atoms with E-state index in [1.807, 2.05) is 0 Å². The zero-order chi connectivity index (χ0) is 14.6. The van der Waals surface area contributed by atoms with Gasteiger partial charge in [0.2, 0.25) is 5.91 Å². The average molecular weight is 278 g/mol. The first-order valence-corrected chi connectivity index (χ1v) is 8.15. The molecule has 0 aromatic carbocycles. The summed E-state index contributed by atoms with van der Waals surface area (Å²) in [5, 5.41) is 0. The van der Waals surface area contributed by atoms with Gasteiger partial charge < -0.3 is 10.6 Å². The number of carbonyl (C=O) groups is 1. The van der Waals surface area contributed by atoms with Gasteiger partial charge in [-0.1, -0.05) is 20.8 Å². The Hall–Kier alpha value is -0.620. The Morgan fingerprint density at radius 1 is 1.33 bits per heavy atom. The van der Waals surface area contributed by atoms with Crippen LogP contribution >= 0.6 is 0 Å². The van der Waals surface area contributed by atoms with E-state index in [0.717, 1.165) is 0 Å². The van der Waals surface area contributed by atoms with Crippen LogP contribution in [-0.4, -0.2) is 51.4 Å². The number of rotatable bonds is 6. The summed E-state index contributed by atoms with van der Waals surface area (Å²) >= 11 is 0. The average Bonchev–Trinajstić information content (AvgIpc) is 2.19. The Bertz CT molecular complexity index is 371. The molecule has 0 saturated heterocycles. The van der Waals surface area contributed by atoms with Gasteiger partial charge in [-0.05, 0) is 11.8 Å². The Morgan fingerprint density at radius 2 is 1.83 bits per heavy atom. The predicted molar refractivity (Wildman–Crippen MR) is 74.0 cm³/mol. The highest BCUT2D eigenvalue weighted by Crippen LogP contribution is 2.24. The third-order valence-electron chi connectivity index (χ3n) is 2.67. The molecular weight excluding hydrogens is 252 g/mol. The van der Waals surface area contributed by atoms with Gasteiger partial charge in [0.25, 0.3) is 0 Å². The van der Waals surface area contributed by atoms with Crippen LogP contribution in [0.5, 0.6) is 0 Å². The van der Waals surface area contributed by atoms with Crippen molar-refractivity contribution in [1.29, 1.82) is 0 Å². The first kappa shape index (κ1) is 17.4. The van der Waals surface area contributed by atoms with E-state index in [1.165, 1.54) is 11.2 Å². The van der Waals surface area contributed by atoms with Gasteiger partial charge in [-0.25, -0.2) is 8.42 Å². The van der Waals surface area contributed by atoms with E-state index < -0.39 is 9.84 Å². The van der Waals surface area contributed by atoms with Crippen molar-refractivity contribution < 1.29 is 13.2 Å². The molecule has 1 amide bonds. The molecule has 5 nitrogen and oxygen atoms in total. The molecule has 0 aliphatic heterocycles. The topological polar surface area (TPSA) is 80.5 Å². The summed E-state index contributed by atoms with van der Waals surface area (Å²) in [6, 6.07) is 0. The molecule has 0 bridgehead atoms. The summed E-state index contributed by atoms with van der Waals surface area (Å²) in [5.74, 6) is -0.326. The molecule has 108 valence electrons. The minimum absolute atomic E-state index is 0.0119. The molecule has 18 heavy (non-hydrogen) atoms. The number of sulfone groups is 1. The lowest BCUT2D eigenvalue weighted by atomic mass is 9.84. The first-order valence-electron chi connectivity index (χ1n) is 6.09. The van der Waals surface area contributed by atoms with Crippen molar-refractivity contribution in [2.24, 2.45) is 17.1 Å². The van der Waals surface area contributed by atoms with E-state index in [4.69, 9.17) is 5.73 Å². The second-order valence-electron chi connectivity index (χ2n) is 6.09. The minimum Gasteiger partial charge on any atom is -0.344 e. The standard InChI is InChI=1S/C12H26N2O3S/c1-12(2,3)8-10(9-13)11(15)14(4)6-7-18(5,16)17/h10H,6-9,13H2,1-5H3. The van der Waals surface area contributed by atoms with Crippen LogP contribution in [0.1, 0.15) is 27.2 Å². The lowest BCUT2D eigenvalue weighted by Gasteiger charge is -2.28. The molecule has 0 saturated carbocycles. The van der Waals surface area contributed by atoms with E-state index in [9.17, 15) is 13.2 Å². The van der Waals surface area contributed by atoms with Gasteiger partial charge in [-0.3, -0.25) is 4.79 Å². The smallest absolute Gasteiger partial charge is 0.226 e. The maximum atomic E-state index is 12.1. The molecule has 0 radical (unpaired) electrons. The Kier molecular flexibility index (Phi) is 6.29. The molecular formula is C12H26N2O3S. The molecule has 0 aliphatic rings. The molecule has 6 heteroatoms. The van der Waals surface area contributed by atoms with Crippen molar-refractivity contribution in [1.82, 2.24) is 4.90 Å². The van der Waals surface area contributed by atoms with Crippen molar-refractivity contribution in [3.05, 3.63) is 0 Å². The second kappa shape index (κ2) is 6.52. The predicted octanol–water partition coefficient (Wildman–Crippen LogP) is 0.501. The van der Waals surface area contributed by atoms with Gasteiger partial charge in [0.1, 0.15) is 9.84 Å². The van der Waals surface area contributed by atoms with E-state index in [-0.39, 0.29) is 29.5 Å². The normalized spacial score (nSPS) is 14.3. The summed E-state index contributed by atoms with van der Waals surface area (Å²) in [7, 11) is -1.42. The molecule has 0 spiro atoms. The third kappa shape index (κ3) is 7.66. The molecule has 0 aliphatic carbocycles. The molecule has 0 aromatic rings. The van der Waals surface area contributed by atoms with Crippen molar-refractivity contribution in [3.8, 4) is 0 Å². The summed E-state index contributed by atoms with van der Waals surface area (Å²) in [6.07, 6.45) is 1.87. The van der Waals surface area contributed by atoms with Crippen LogP contribution in [0, 0.1) is 11.3 Å².